The number of hydrogen-bond donors (Lipinski definition) is 0. The fraction of sp³-hybridized carbons (Fsp3) is 0.571. The summed E-state index contributed by atoms with van der Waals surface area (Å²) in [6.45, 7) is 5.66. The third-order valence-electron chi connectivity index (χ3n) is 3.54. The van der Waals surface area contributed by atoms with Crippen molar-refractivity contribution in [3.05, 3.63) is 23.5 Å². The summed E-state index contributed by atoms with van der Waals surface area (Å²) in [7, 11) is 1.79. The second-order valence-corrected chi connectivity index (χ2v) is 4.90. The van der Waals surface area contributed by atoms with Crippen LogP contribution in [-0.4, -0.2) is 53.8 Å². The van der Waals surface area contributed by atoms with Crippen molar-refractivity contribution in [3.8, 4) is 0 Å². The Morgan fingerprint density at radius 3 is 2.50 bits per heavy atom. The molecular weight excluding hydrogens is 260 g/mol. The number of esters is 1. The summed E-state index contributed by atoms with van der Waals surface area (Å²) in [6, 6.07) is 3.54. The Labute approximate surface area is 118 Å². The minimum Gasteiger partial charge on any atom is -0.448 e. The molecule has 20 heavy (non-hydrogen) atoms. The quantitative estimate of drug-likeness (QED) is 0.766. The second-order valence-electron chi connectivity index (χ2n) is 4.90. The molecule has 1 fully saturated rings. The molecule has 110 valence electrons. The maximum atomic E-state index is 12.1. The molecule has 0 N–H and O–H groups in total. The fourth-order valence-electron chi connectivity index (χ4n) is 2.13. The summed E-state index contributed by atoms with van der Waals surface area (Å²) in [6.07, 6.45) is -0.782. The van der Waals surface area contributed by atoms with Crippen LogP contribution in [0.1, 0.15) is 23.1 Å². The number of hydrogen-bond acceptors (Lipinski definition) is 4. The minimum atomic E-state index is -0.782. The topological polar surface area (TPSA) is 60.8 Å². The minimum absolute atomic E-state index is 0.174. The van der Waals surface area contributed by atoms with Crippen molar-refractivity contribution >= 4 is 11.9 Å². The zero-order valence-corrected chi connectivity index (χ0v) is 12.1. The first-order valence-electron chi connectivity index (χ1n) is 6.70. The SMILES string of the molecule is Cc1ccc(C(=O)OC(C)C(=O)N2CCOCC2)n1C. The van der Waals surface area contributed by atoms with E-state index in [0.717, 1.165) is 5.69 Å². The van der Waals surface area contributed by atoms with E-state index in [1.807, 2.05) is 13.0 Å². The molecule has 0 saturated carbocycles. The van der Waals surface area contributed by atoms with E-state index < -0.39 is 12.1 Å². The number of amides is 1. The van der Waals surface area contributed by atoms with E-state index in [2.05, 4.69) is 0 Å². The monoisotopic (exact) mass is 280 g/mol. The summed E-state index contributed by atoms with van der Waals surface area (Å²) in [5.41, 5.74) is 1.41. The normalized spacial score (nSPS) is 16.9. The number of aryl methyl sites for hydroxylation is 1. The Hall–Kier alpha value is -1.82. The first-order valence-corrected chi connectivity index (χ1v) is 6.70. The van der Waals surface area contributed by atoms with Gasteiger partial charge in [-0.1, -0.05) is 0 Å². The highest BCUT2D eigenvalue weighted by Gasteiger charge is 2.26. The van der Waals surface area contributed by atoms with Crippen LogP contribution in [0.15, 0.2) is 12.1 Å². The number of nitrogens with zero attached hydrogens (tertiary/aromatic N) is 2. The van der Waals surface area contributed by atoms with Crippen molar-refractivity contribution in [2.45, 2.75) is 20.0 Å². The lowest BCUT2D eigenvalue weighted by Crippen LogP contribution is -2.46. The molecule has 1 aromatic rings. The molecule has 2 rings (SSSR count). The van der Waals surface area contributed by atoms with Gasteiger partial charge in [0.25, 0.3) is 5.91 Å². The highest BCUT2D eigenvalue weighted by molar-refractivity contribution is 5.91. The van der Waals surface area contributed by atoms with Crippen LogP contribution in [-0.2, 0) is 21.3 Å². The molecule has 6 heteroatoms. The van der Waals surface area contributed by atoms with Crippen LogP contribution in [0, 0.1) is 6.92 Å². The van der Waals surface area contributed by atoms with E-state index >= 15 is 0 Å². The highest BCUT2D eigenvalue weighted by atomic mass is 16.5. The van der Waals surface area contributed by atoms with Gasteiger partial charge in [-0.05, 0) is 26.0 Å². The molecule has 1 aliphatic heterocycles. The predicted molar refractivity (Wildman–Crippen MR) is 72.4 cm³/mol. The lowest BCUT2D eigenvalue weighted by Gasteiger charge is -2.28. The molecule has 0 radical (unpaired) electrons. The molecule has 6 nitrogen and oxygen atoms in total. The van der Waals surface area contributed by atoms with Crippen molar-refractivity contribution in [3.63, 3.8) is 0 Å². The molecule has 0 aliphatic carbocycles. The van der Waals surface area contributed by atoms with E-state index in [-0.39, 0.29) is 5.91 Å². The van der Waals surface area contributed by atoms with Crippen molar-refractivity contribution in [2.75, 3.05) is 26.3 Å². The molecule has 1 saturated heterocycles. The van der Waals surface area contributed by atoms with Gasteiger partial charge >= 0.3 is 5.97 Å². The van der Waals surface area contributed by atoms with Crippen LogP contribution in [0.4, 0.5) is 0 Å². The number of rotatable bonds is 3. The van der Waals surface area contributed by atoms with Crippen LogP contribution in [0.2, 0.25) is 0 Å². The van der Waals surface area contributed by atoms with Crippen LogP contribution in [0.3, 0.4) is 0 Å². The first kappa shape index (κ1) is 14.6. The van der Waals surface area contributed by atoms with Crippen LogP contribution >= 0.6 is 0 Å². The summed E-state index contributed by atoms with van der Waals surface area (Å²) < 4.78 is 12.2. The van der Waals surface area contributed by atoms with Gasteiger partial charge in [0.1, 0.15) is 5.69 Å². The maximum Gasteiger partial charge on any atom is 0.355 e. The molecule has 1 atom stereocenters. The summed E-state index contributed by atoms with van der Waals surface area (Å²) >= 11 is 0. The van der Waals surface area contributed by atoms with Gasteiger partial charge < -0.3 is 18.9 Å². The summed E-state index contributed by atoms with van der Waals surface area (Å²) in [5, 5.41) is 0. The van der Waals surface area contributed by atoms with Crippen molar-refractivity contribution in [1.82, 2.24) is 9.47 Å². The van der Waals surface area contributed by atoms with Gasteiger partial charge in [-0.15, -0.1) is 0 Å². The van der Waals surface area contributed by atoms with E-state index in [0.29, 0.717) is 32.0 Å². The number of aromatic nitrogens is 1. The summed E-state index contributed by atoms with van der Waals surface area (Å²) in [4.78, 5) is 25.8. The van der Waals surface area contributed by atoms with Crippen molar-refractivity contribution in [1.29, 1.82) is 0 Å². The smallest absolute Gasteiger partial charge is 0.355 e. The van der Waals surface area contributed by atoms with E-state index in [1.165, 1.54) is 0 Å². The van der Waals surface area contributed by atoms with Crippen molar-refractivity contribution < 1.29 is 19.1 Å². The number of morpholine rings is 1. The largest absolute Gasteiger partial charge is 0.448 e. The van der Waals surface area contributed by atoms with Crippen LogP contribution in [0.25, 0.3) is 0 Å². The number of carbonyl (C=O) groups excluding carboxylic acids is 2. The third kappa shape index (κ3) is 3.01. The van der Waals surface area contributed by atoms with E-state index in [9.17, 15) is 9.59 Å². The second kappa shape index (κ2) is 6.09. The number of carbonyl (C=O) groups is 2. The molecule has 0 spiro atoms. The van der Waals surface area contributed by atoms with Gasteiger partial charge in [0.05, 0.1) is 13.2 Å². The molecule has 1 amide bonds. The molecular formula is C14H20N2O4. The Balaban J connectivity index is 1.96. The van der Waals surface area contributed by atoms with E-state index in [1.54, 1.807) is 29.5 Å². The Morgan fingerprint density at radius 2 is 1.95 bits per heavy atom. The lowest BCUT2D eigenvalue weighted by atomic mass is 10.3. The van der Waals surface area contributed by atoms with Gasteiger partial charge in [-0.25, -0.2) is 4.79 Å². The van der Waals surface area contributed by atoms with Crippen LogP contribution in [0.5, 0.6) is 0 Å². The zero-order chi connectivity index (χ0) is 14.7. The predicted octanol–water partition coefficient (Wildman–Crippen LogP) is 0.738. The highest BCUT2D eigenvalue weighted by Crippen LogP contribution is 2.10. The maximum absolute atomic E-state index is 12.1. The van der Waals surface area contributed by atoms with Gasteiger partial charge in [-0.2, -0.15) is 0 Å². The van der Waals surface area contributed by atoms with Gasteiger partial charge in [-0.3, -0.25) is 4.79 Å². The Kier molecular flexibility index (Phi) is 4.44. The van der Waals surface area contributed by atoms with Crippen molar-refractivity contribution in [2.24, 2.45) is 7.05 Å². The summed E-state index contributed by atoms with van der Waals surface area (Å²) in [5.74, 6) is -0.651. The molecule has 2 heterocycles. The average molecular weight is 280 g/mol. The lowest BCUT2D eigenvalue weighted by molar-refractivity contribution is -0.143. The molecule has 1 aliphatic rings. The Morgan fingerprint density at radius 1 is 1.30 bits per heavy atom. The van der Waals surface area contributed by atoms with E-state index in [4.69, 9.17) is 9.47 Å². The molecule has 1 unspecified atom stereocenters. The average Bonchev–Trinajstić information content (AvgIpc) is 2.79. The van der Waals surface area contributed by atoms with Gasteiger partial charge in [0, 0.05) is 25.8 Å². The first-order chi connectivity index (χ1) is 9.50. The Bertz CT molecular complexity index is 503. The number of ether oxygens (including phenoxy) is 2. The molecule has 0 bridgehead atoms. The standard InChI is InChI=1S/C14H20N2O4/c1-10-4-5-12(15(10)3)14(18)20-11(2)13(17)16-6-8-19-9-7-16/h4-5,11H,6-9H2,1-3H3. The molecule has 0 aromatic carbocycles. The zero-order valence-electron chi connectivity index (χ0n) is 12.1. The molecule has 1 aromatic heterocycles. The van der Waals surface area contributed by atoms with Gasteiger partial charge in [0.15, 0.2) is 6.10 Å². The fourth-order valence-corrected chi connectivity index (χ4v) is 2.13. The van der Waals surface area contributed by atoms with Gasteiger partial charge in [0.2, 0.25) is 0 Å². The van der Waals surface area contributed by atoms with Crippen LogP contribution < -0.4 is 0 Å². The third-order valence-corrected chi connectivity index (χ3v) is 3.54.